The summed E-state index contributed by atoms with van der Waals surface area (Å²) in [7, 11) is 0. The molecule has 0 spiro atoms. The molecule has 1 aliphatic rings. The molecule has 1 N–H and O–H groups in total. The van der Waals surface area contributed by atoms with Gasteiger partial charge in [0.25, 0.3) is 5.69 Å². The number of nitro benzene ring substituents is 1. The van der Waals surface area contributed by atoms with Crippen molar-refractivity contribution in [2.75, 3.05) is 5.75 Å². The van der Waals surface area contributed by atoms with E-state index in [1.54, 1.807) is 24.3 Å². The number of amidine groups is 1. The number of rotatable bonds is 3. The molecule has 0 aliphatic carbocycles. The highest BCUT2D eigenvalue weighted by Crippen LogP contribution is 2.22. The van der Waals surface area contributed by atoms with Gasteiger partial charge in [0.15, 0.2) is 5.17 Å². The molecule has 0 saturated carbocycles. The van der Waals surface area contributed by atoms with E-state index in [2.05, 4.69) is 15.5 Å². The van der Waals surface area contributed by atoms with E-state index in [0.29, 0.717) is 15.9 Å². The zero-order chi connectivity index (χ0) is 16.2. The van der Waals surface area contributed by atoms with E-state index in [4.69, 9.17) is 11.6 Å². The van der Waals surface area contributed by atoms with Crippen LogP contribution in [0.4, 0.5) is 11.4 Å². The summed E-state index contributed by atoms with van der Waals surface area (Å²) in [6, 6.07) is 13.6. The van der Waals surface area contributed by atoms with Crippen LogP contribution in [0.1, 0.15) is 5.56 Å². The van der Waals surface area contributed by atoms with Crippen LogP contribution in [0.5, 0.6) is 0 Å². The van der Waals surface area contributed by atoms with Gasteiger partial charge in [-0.1, -0.05) is 41.6 Å². The van der Waals surface area contributed by atoms with Crippen LogP contribution in [0.25, 0.3) is 0 Å². The van der Waals surface area contributed by atoms with Gasteiger partial charge in [-0.3, -0.25) is 15.5 Å². The summed E-state index contributed by atoms with van der Waals surface area (Å²) in [5.41, 5.74) is 5.12. The lowest BCUT2D eigenvalue weighted by atomic mass is 10.1. The Labute approximate surface area is 141 Å². The van der Waals surface area contributed by atoms with Gasteiger partial charge in [0.2, 0.25) is 0 Å². The molecule has 0 saturated heterocycles. The summed E-state index contributed by atoms with van der Waals surface area (Å²) in [5.74, 6) is 0.577. The van der Waals surface area contributed by atoms with Crippen molar-refractivity contribution in [2.45, 2.75) is 0 Å². The van der Waals surface area contributed by atoms with Crippen LogP contribution >= 0.6 is 23.4 Å². The predicted octanol–water partition coefficient (Wildman–Crippen LogP) is 3.98. The van der Waals surface area contributed by atoms with Gasteiger partial charge in [0.1, 0.15) is 0 Å². The molecule has 0 amide bonds. The molecule has 8 heteroatoms. The number of hydrogen-bond donors (Lipinski definition) is 1. The monoisotopic (exact) mass is 346 g/mol. The molecular formula is C15H11ClN4O2S. The third kappa shape index (κ3) is 3.88. The van der Waals surface area contributed by atoms with Crippen LogP contribution in [0, 0.1) is 10.1 Å². The summed E-state index contributed by atoms with van der Waals surface area (Å²) in [5, 5.41) is 16.4. The fraction of sp³-hybridized carbons (Fsp3) is 0.0667. The summed E-state index contributed by atoms with van der Waals surface area (Å²) < 4.78 is 0. The molecule has 0 fully saturated rings. The van der Waals surface area contributed by atoms with Crippen molar-refractivity contribution in [1.82, 2.24) is 5.43 Å². The number of non-ortho nitro benzene ring substituents is 1. The maximum absolute atomic E-state index is 10.8. The first-order valence-electron chi connectivity index (χ1n) is 6.66. The van der Waals surface area contributed by atoms with Gasteiger partial charge in [-0.05, 0) is 18.2 Å². The van der Waals surface area contributed by atoms with Gasteiger partial charge in [0, 0.05) is 28.5 Å². The number of nitrogens with zero attached hydrogens (tertiary/aromatic N) is 3. The maximum atomic E-state index is 10.8. The highest BCUT2D eigenvalue weighted by Gasteiger charge is 2.15. The lowest BCUT2D eigenvalue weighted by Gasteiger charge is -2.14. The maximum Gasteiger partial charge on any atom is 0.270 e. The topological polar surface area (TPSA) is 79.9 Å². The van der Waals surface area contributed by atoms with Crippen molar-refractivity contribution in [1.29, 1.82) is 0 Å². The second-order valence-electron chi connectivity index (χ2n) is 4.66. The first-order chi connectivity index (χ1) is 11.1. The van der Waals surface area contributed by atoms with Crippen molar-refractivity contribution in [3.8, 4) is 0 Å². The molecule has 1 heterocycles. The van der Waals surface area contributed by atoms with E-state index in [0.717, 1.165) is 17.0 Å². The highest BCUT2D eigenvalue weighted by atomic mass is 35.5. The smallest absolute Gasteiger partial charge is 0.258 e. The molecule has 0 aromatic heterocycles. The fourth-order valence-corrected chi connectivity index (χ4v) is 2.95. The average Bonchev–Trinajstić information content (AvgIpc) is 2.56. The summed E-state index contributed by atoms with van der Waals surface area (Å²) in [4.78, 5) is 14.8. The number of halogens is 1. The van der Waals surface area contributed by atoms with E-state index in [1.807, 2.05) is 12.1 Å². The summed E-state index contributed by atoms with van der Waals surface area (Å²) in [6.07, 6.45) is 0. The van der Waals surface area contributed by atoms with Crippen molar-refractivity contribution in [3.05, 3.63) is 69.2 Å². The zero-order valence-electron chi connectivity index (χ0n) is 11.8. The van der Waals surface area contributed by atoms with E-state index in [1.165, 1.54) is 23.9 Å². The number of benzene rings is 2. The lowest BCUT2D eigenvalue weighted by molar-refractivity contribution is -0.384. The first kappa shape index (κ1) is 15.5. The molecule has 116 valence electrons. The van der Waals surface area contributed by atoms with Gasteiger partial charge in [0.05, 0.1) is 16.3 Å². The lowest BCUT2D eigenvalue weighted by Crippen LogP contribution is -2.25. The molecule has 2 aromatic carbocycles. The van der Waals surface area contributed by atoms with Crippen LogP contribution in [-0.2, 0) is 0 Å². The molecule has 0 bridgehead atoms. The van der Waals surface area contributed by atoms with E-state index >= 15 is 0 Å². The number of nitrogens with one attached hydrogen (secondary N) is 1. The van der Waals surface area contributed by atoms with Crippen molar-refractivity contribution in [3.63, 3.8) is 0 Å². The number of nitro groups is 1. The molecule has 2 aromatic rings. The molecule has 0 atom stereocenters. The largest absolute Gasteiger partial charge is 0.270 e. The van der Waals surface area contributed by atoms with Crippen LogP contribution in [0.2, 0.25) is 5.02 Å². The number of thioether (sulfide) groups is 1. The van der Waals surface area contributed by atoms with Crippen molar-refractivity contribution >= 4 is 45.6 Å². The Morgan fingerprint density at radius 1 is 1.26 bits per heavy atom. The molecule has 0 unspecified atom stereocenters. The second kappa shape index (κ2) is 6.80. The summed E-state index contributed by atoms with van der Waals surface area (Å²) in [6.45, 7) is 0. The third-order valence-corrected chi connectivity index (χ3v) is 4.17. The van der Waals surface area contributed by atoms with Gasteiger partial charge in [-0.25, -0.2) is 4.99 Å². The molecular weight excluding hydrogens is 336 g/mol. The Bertz CT molecular complexity index is 823. The molecule has 23 heavy (non-hydrogen) atoms. The predicted molar refractivity (Wildman–Crippen MR) is 93.8 cm³/mol. The fourth-order valence-electron chi connectivity index (χ4n) is 1.98. The Morgan fingerprint density at radius 2 is 2.09 bits per heavy atom. The van der Waals surface area contributed by atoms with E-state index < -0.39 is 4.92 Å². The van der Waals surface area contributed by atoms with Crippen LogP contribution in [0.15, 0.2) is 58.6 Å². The normalized spacial score (nSPS) is 15.9. The zero-order valence-corrected chi connectivity index (χ0v) is 13.3. The van der Waals surface area contributed by atoms with Crippen LogP contribution in [0.3, 0.4) is 0 Å². The summed E-state index contributed by atoms with van der Waals surface area (Å²) >= 11 is 7.40. The molecule has 6 nitrogen and oxygen atoms in total. The Balaban J connectivity index is 1.78. The van der Waals surface area contributed by atoms with Gasteiger partial charge in [-0.2, -0.15) is 5.10 Å². The number of aliphatic imine (C=N–C) groups is 1. The highest BCUT2D eigenvalue weighted by molar-refractivity contribution is 8.14. The average molecular weight is 347 g/mol. The molecule has 0 radical (unpaired) electrons. The minimum atomic E-state index is -0.417. The van der Waals surface area contributed by atoms with Crippen LogP contribution < -0.4 is 5.43 Å². The Hall–Kier alpha value is -2.38. The standard InChI is InChI=1S/C15H11ClN4O2S/c16-11-4-2-5-12(8-11)17-15-19-18-14(9-23-15)10-3-1-6-13(7-10)20(21)22/h1-8H,9H2,(H,17,19). The van der Waals surface area contributed by atoms with Crippen molar-refractivity contribution in [2.24, 2.45) is 10.1 Å². The SMILES string of the molecule is O=[N+]([O-])c1cccc(C2=NNC(=Nc3cccc(Cl)c3)SC2)c1. The molecule has 1 aliphatic heterocycles. The first-order valence-corrected chi connectivity index (χ1v) is 8.02. The second-order valence-corrected chi connectivity index (χ2v) is 6.06. The minimum Gasteiger partial charge on any atom is -0.258 e. The van der Waals surface area contributed by atoms with E-state index in [9.17, 15) is 10.1 Å². The quantitative estimate of drug-likeness (QED) is 0.673. The number of hydrogen-bond acceptors (Lipinski definition) is 5. The Kier molecular flexibility index (Phi) is 4.59. The third-order valence-electron chi connectivity index (χ3n) is 3.06. The van der Waals surface area contributed by atoms with Gasteiger partial charge < -0.3 is 0 Å². The van der Waals surface area contributed by atoms with Crippen molar-refractivity contribution < 1.29 is 4.92 Å². The van der Waals surface area contributed by atoms with E-state index in [-0.39, 0.29) is 5.69 Å². The van der Waals surface area contributed by atoms with Gasteiger partial charge in [-0.15, -0.1) is 0 Å². The minimum absolute atomic E-state index is 0.0496. The Morgan fingerprint density at radius 3 is 2.78 bits per heavy atom. The van der Waals surface area contributed by atoms with Gasteiger partial charge >= 0.3 is 0 Å². The molecule has 3 rings (SSSR count). The number of hydrazone groups is 1. The van der Waals surface area contributed by atoms with Crippen LogP contribution in [-0.4, -0.2) is 21.6 Å².